The van der Waals surface area contributed by atoms with Crippen molar-refractivity contribution in [2.24, 2.45) is 5.92 Å². The first-order valence-electron chi connectivity index (χ1n) is 8.01. The highest BCUT2D eigenvalue weighted by Crippen LogP contribution is 2.12. The highest BCUT2D eigenvalue weighted by atomic mass is 16.1. The molecule has 0 amide bonds. The zero-order valence-corrected chi connectivity index (χ0v) is 13.9. The summed E-state index contributed by atoms with van der Waals surface area (Å²) in [5.74, 6) is 0.962. The van der Waals surface area contributed by atoms with Gasteiger partial charge in [-0.25, -0.2) is 0 Å². The summed E-state index contributed by atoms with van der Waals surface area (Å²) in [6, 6.07) is 6.02. The predicted molar refractivity (Wildman–Crippen MR) is 88.0 cm³/mol. The number of carbonyl (C=O) groups is 1. The van der Waals surface area contributed by atoms with Crippen LogP contribution in [0, 0.1) is 19.8 Å². The molecule has 0 N–H and O–H groups in total. The lowest BCUT2D eigenvalue weighted by molar-refractivity contribution is 0.0837. The summed E-state index contributed by atoms with van der Waals surface area (Å²) in [4.78, 5) is 17.2. The van der Waals surface area contributed by atoms with Crippen LogP contribution in [0.2, 0.25) is 0 Å². The van der Waals surface area contributed by atoms with Crippen molar-refractivity contribution < 1.29 is 4.79 Å². The molecule has 0 bridgehead atoms. The van der Waals surface area contributed by atoms with Gasteiger partial charge >= 0.3 is 0 Å². The Hall–Kier alpha value is -1.19. The number of benzene rings is 1. The molecule has 0 saturated carbocycles. The van der Waals surface area contributed by atoms with Gasteiger partial charge in [-0.15, -0.1) is 0 Å². The summed E-state index contributed by atoms with van der Waals surface area (Å²) in [5, 5.41) is 0. The van der Waals surface area contributed by atoms with Crippen LogP contribution in [0.5, 0.6) is 0 Å². The van der Waals surface area contributed by atoms with E-state index in [4.69, 9.17) is 0 Å². The van der Waals surface area contributed by atoms with Gasteiger partial charge in [0.2, 0.25) is 0 Å². The Labute approximate surface area is 128 Å². The maximum Gasteiger partial charge on any atom is 0.176 e. The molecule has 1 aliphatic heterocycles. The van der Waals surface area contributed by atoms with E-state index < -0.39 is 0 Å². The van der Waals surface area contributed by atoms with E-state index in [1.54, 1.807) is 0 Å². The highest BCUT2D eigenvalue weighted by Gasteiger charge is 2.20. The molecule has 1 aliphatic rings. The van der Waals surface area contributed by atoms with Gasteiger partial charge in [0.25, 0.3) is 0 Å². The number of ketones is 1. The van der Waals surface area contributed by atoms with Crippen molar-refractivity contribution in [1.82, 2.24) is 9.80 Å². The first-order chi connectivity index (χ1) is 9.95. The third kappa shape index (κ3) is 4.65. The molecule has 2 rings (SSSR count). The van der Waals surface area contributed by atoms with E-state index in [1.165, 1.54) is 17.7 Å². The van der Waals surface area contributed by atoms with Crippen LogP contribution in [0.4, 0.5) is 0 Å². The molecular formula is C18H28N2O. The number of Topliss-reactive ketones (excluding diaryl/α,β-unsaturated/α-hetero) is 1. The highest BCUT2D eigenvalue weighted by molar-refractivity contribution is 5.97. The lowest BCUT2D eigenvalue weighted by Gasteiger charge is -2.35. The summed E-state index contributed by atoms with van der Waals surface area (Å²) in [6.07, 6.45) is 0. The molecule has 1 saturated heterocycles. The Kier molecular flexibility index (Phi) is 5.54. The van der Waals surface area contributed by atoms with Gasteiger partial charge in [-0.05, 0) is 37.0 Å². The van der Waals surface area contributed by atoms with E-state index in [9.17, 15) is 4.79 Å². The van der Waals surface area contributed by atoms with Gasteiger partial charge in [0.05, 0.1) is 6.54 Å². The Bertz CT molecular complexity index is 488. The quantitative estimate of drug-likeness (QED) is 0.778. The third-order valence-corrected chi connectivity index (χ3v) is 4.28. The monoisotopic (exact) mass is 288 g/mol. The molecule has 0 atom stereocenters. The zero-order valence-electron chi connectivity index (χ0n) is 13.9. The molecule has 116 valence electrons. The number of piperazine rings is 1. The summed E-state index contributed by atoms with van der Waals surface area (Å²) in [7, 11) is 0. The second-order valence-corrected chi connectivity index (χ2v) is 6.69. The van der Waals surface area contributed by atoms with Crippen LogP contribution in [0.25, 0.3) is 0 Å². The molecule has 0 aliphatic carbocycles. The molecule has 1 aromatic carbocycles. The lowest BCUT2D eigenvalue weighted by atomic mass is 10.0. The number of carbonyl (C=O) groups excluding carboxylic acids is 1. The SMILES string of the molecule is Cc1ccc(C(=O)CN2CCN(CC(C)C)CC2)cc1C. The average Bonchev–Trinajstić information content (AvgIpc) is 2.43. The standard InChI is InChI=1S/C18H28N2O/c1-14(2)12-19-7-9-20(10-8-19)13-18(21)17-6-5-15(3)16(4)11-17/h5-6,11,14H,7-10,12-13H2,1-4H3. The summed E-state index contributed by atoms with van der Waals surface area (Å²) in [6.45, 7) is 14.6. The minimum Gasteiger partial charge on any atom is -0.301 e. The topological polar surface area (TPSA) is 23.6 Å². The van der Waals surface area contributed by atoms with Crippen LogP contribution in [-0.4, -0.2) is 54.9 Å². The fourth-order valence-electron chi connectivity index (χ4n) is 2.86. The minimum atomic E-state index is 0.246. The lowest BCUT2D eigenvalue weighted by Crippen LogP contribution is -2.48. The summed E-state index contributed by atoms with van der Waals surface area (Å²) in [5.41, 5.74) is 3.29. The van der Waals surface area contributed by atoms with Crippen LogP contribution >= 0.6 is 0 Å². The molecule has 0 aromatic heterocycles. The Morgan fingerprint density at radius 3 is 2.24 bits per heavy atom. The summed E-state index contributed by atoms with van der Waals surface area (Å²) >= 11 is 0. The Morgan fingerprint density at radius 2 is 1.67 bits per heavy atom. The van der Waals surface area contributed by atoms with E-state index in [-0.39, 0.29) is 5.78 Å². The maximum atomic E-state index is 12.4. The van der Waals surface area contributed by atoms with Crippen LogP contribution < -0.4 is 0 Å². The van der Waals surface area contributed by atoms with Crippen molar-refractivity contribution in [1.29, 1.82) is 0 Å². The van der Waals surface area contributed by atoms with Gasteiger partial charge in [-0.1, -0.05) is 26.0 Å². The van der Waals surface area contributed by atoms with E-state index >= 15 is 0 Å². The fraction of sp³-hybridized carbons (Fsp3) is 0.611. The molecule has 0 radical (unpaired) electrons. The Morgan fingerprint density at radius 1 is 1.05 bits per heavy atom. The number of rotatable bonds is 5. The molecule has 3 heteroatoms. The molecule has 1 fully saturated rings. The van der Waals surface area contributed by atoms with Crippen molar-refractivity contribution in [3.63, 3.8) is 0 Å². The van der Waals surface area contributed by atoms with Crippen LogP contribution in [-0.2, 0) is 0 Å². The Balaban J connectivity index is 1.85. The van der Waals surface area contributed by atoms with Crippen molar-refractivity contribution in [3.05, 3.63) is 34.9 Å². The van der Waals surface area contributed by atoms with E-state index in [0.29, 0.717) is 12.5 Å². The largest absolute Gasteiger partial charge is 0.301 e. The molecule has 21 heavy (non-hydrogen) atoms. The number of hydrogen-bond donors (Lipinski definition) is 0. The van der Waals surface area contributed by atoms with Crippen molar-refractivity contribution in [3.8, 4) is 0 Å². The number of aryl methyl sites for hydroxylation is 2. The second-order valence-electron chi connectivity index (χ2n) is 6.69. The zero-order chi connectivity index (χ0) is 15.4. The molecular weight excluding hydrogens is 260 g/mol. The maximum absolute atomic E-state index is 12.4. The van der Waals surface area contributed by atoms with Gasteiger partial charge in [0.1, 0.15) is 0 Å². The number of hydrogen-bond acceptors (Lipinski definition) is 3. The second kappa shape index (κ2) is 7.19. The average molecular weight is 288 g/mol. The minimum absolute atomic E-state index is 0.246. The normalized spacial score (nSPS) is 17.4. The van der Waals surface area contributed by atoms with Crippen molar-refractivity contribution in [2.75, 3.05) is 39.3 Å². The molecule has 0 spiro atoms. The number of nitrogens with zero attached hydrogens (tertiary/aromatic N) is 2. The summed E-state index contributed by atoms with van der Waals surface area (Å²) < 4.78 is 0. The van der Waals surface area contributed by atoms with Crippen molar-refractivity contribution in [2.45, 2.75) is 27.7 Å². The molecule has 1 heterocycles. The fourth-order valence-corrected chi connectivity index (χ4v) is 2.86. The first kappa shape index (κ1) is 16.2. The van der Waals surface area contributed by atoms with Crippen LogP contribution in [0.1, 0.15) is 35.3 Å². The van der Waals surface area contributed by atoms with E-state index in [2.05, 4.69) is 37.5 Å². The molecule has 0 unspecified atom stereocenters. The third-order valence-electron chi connectivity index (χ3n) is 4.28. The van der Waals surface area contributed by atoms with Gasteiger partial charge in [-0.2, -0.15) is 0 Å². The van der Waals surface area contributed by atoms with Gasteiger partial charge in [0.15, 0.2) is 5.78 Å². The van der Waals surface area contributed by atoms with Gasteiger partial charge in [-0.3, -0.25) is 9.69 Å². The van der Waals surface area contributed by atoms with Crippen molar-refractivity contribution >= 4 is 5.78 Å². The molecule has 3 nitrogen and oxygen atoms in total. The smallest absolute Gasteiger partial charge is 0.176 e. The van der Waals surface area contributed by atoms with Gasteiger partial charge in [0, 0.05) is 38.3 Å². The van der Waals surface area contributed by atoms with E-state index in [1.807, 2.05) is 18.2 Å². The molecule has 1 aromatic rings. The predicted octanol–water partition coefficient (Wildman–Crippen LogP) is 2.76. The van der Waals surface area contributed by atoms with E-state index in [0.717, 1.165) is 31.7 Å². The van der Waals surface area contributed by atoms with Crippen LogP contribution in [0.15, 0.2) is 18.2 Å². The first-order valence-corrected chi connectivity index (χ1v) is 8.01. The van der Waals surface area contributed by atoms with Crippen LogP contribution in [0.3, 0.4) is 0 Å². The van der Waals surface area contributed by atoms with Gasteiger partial charge < -0.3 is 4.90 Å².